The van der Waals surface area contributed by atoms with Crippen molar-refractivity contribution in [3.63, 3.8) is 0 Å². The van der Waals surface area contributed by atoms with E-state index in [-0.39, 0.29) is 22.8 Å². The van der Waals surface area contributed by atoms with Crippen molar-refractivity contribution in [2.75, 3.05) is 6.54 Å². The monoisotopic (exact) mass is 371 g/mol. The molecule has 0 fully saturated rings. The van der Waals surface area contributed by atoms with Gasteiger partial charge in [0.2, 0.25) is 0 Å². The van der Waals surface area contributed by atoms with Crippen LogP contribution >= 0.6 is 11.3 Å². The van der Waals surface area contributed by atoms with Crippen LogP contribution in [-0.2, 0) is 19.5 Å². The summed E-state index contributed by atoms with van der Waals surface area (Å²) in [6.45, 7) is 1.43. The SMILES string of the molecule is O=c1[nH]c(-c2cccs2)nc2c1CN(Cc1cc(O)c(O)cc1O)CC2. The number of phenols is 3. The summed E-state index contributed by atoms with van der Waals surface area (Å²) >= 11 is 1.53. The van der Waals surface area contributed by atoms with Gasteiger partial charge in [-0.15, -0.1) is 11.3 Å². The van der Waals surface area contributed by atoms with Crippen LogP contribution in [0, 0.1) is 0 Å². The van der Waals surface area contributed by atoms with E-state index in [1.54, 1.807) is 0 Å². The molecule has 4 rings (SSSR count). The van der Waals surface area contributed by atoms with Crippen LogP contribution in [0.4, 0.5) is 0 Å². The number of aromatic nitrogens is 2. The predicted molar refractivity (Wildman–Crippen MR) is 97.4 cm³/mol. The predicted octanol–water partition coefficient (Wildman–Crippen LogP) is 2.17. The molecular formula is C18H17N3O4S. The maximum atomic E-state index is 12.5. The van der Waals surface area contributed by atoms with Crippen molar-refractivity contribution in [2.24, 2.45) is 0 Å². The third-order valence-electron chi connectivity index (χ3n) is 4.47. The Bertz CT molecular complexity index is 1010. The number of fused-ring (bicyclic) bond motifs is 1. The van der Waals surface area contributed by atoms with Crippen LogP contribution in [0.2, 0.25) is 0 Å². The summed E-state index contributed by atoms with van der Waals surface area (Å²) in [4.78, 5) is 22.9. The first-order valence-corrected chi connectivity index (χ1v) is 9.01. The highest BCUT2D eigenvalue weighted by molar-refractivity contribution is 7.13. The van der Waals surface area contributed by atoms with Gasteiger partial charge in [-0.25, -0.2) is 4.98 Å². The fraction of sp³-hybridized carbons (Fsp3) is 0.222. The Morgan fingerprint density at radius 2 is 2.00 bits per heavy atom. The van der Waals surface area contributed by atoms with Crippen molar-refractivity contribution in [3.8, 4) is 28.0 Å². The second-order valence-electron chi connectivity index (χ2n) is 6.25. The van der Waals surface area contributed by atoms with Gasteiger partial charge in [0.15, 0.2) is 17.3 Å². The molecule has 0 radical (unpaired) electrons. The molecule has 3 heterocycles. The lowest BCUT2D eigenvalue weighted by atomic mass is 10.1. The van der Waals surface area contributed by atoms with Crippen LogP contribution in [0.1, 0.15) is 16.8 Å². The number of benzene rings is 1. The molecule has 2 aromatic heterocycles. The lowest BCUT2D eigenvalue weighted by Crippen LogP contribution is -2.35. The Morgan fingerprint density at radius 1 is 1.19 bits per heavy atom. The summed E-state index contributed by atoms with van der Waals surface area (Å²) in [6, 6.07) is 6.29. The number of nitrogens with one attached hydrogen (secondary N) is 1. The maximum absolute atomic E-state index is 12.5. The first-order chi connectivity index (χ1) is 12.5. The van der Waals surface area contributed by atoms with E-state index in [1.165, 1.54) is 17.4 Å². The van der Waals surface area contributed by atoms with Crippen LogP contribution in [0.25, 0.3) is 10.7 Å². The lowest BCUT2D eigenvalue weighted by molar-refractivity contribution is 0.238. The second-order valence-corrected chi connectivity index (χ2v) is 7.20. The molecule has 0 saturated carbocycles. The van der Waals surface area contributed by atoms with Crippen LogP contribution in [-0.4, -0.2) is 36.7 Å². The highest BCUT2D eigenvalue weighted by Crippen LogP contribution is 2.33. The molecule has 7 nitrogen and oxygen atoms in total. The summed E-state index contributed by atoms with van der Waals surface area (Å²) in [5.74, 6) is -0.142. The zero-order valence-electron chi connectivity index (χ0n) is 13.8. The zero-order chi connectivity index (χ0) is 18.3. The van der Waals surface area contributed by atoms with E-state index in [0.717, 1.165) is 16.6 Å². The van der Waals surface area contributed by atoms with Crippen molar-refractivity contribution in [3.05, 3.63) is 56.8 Å². The fourth-order valence-corrected chi connectivity index (χ4v) is 3.79. The molecule has 134 valence electrons. The molecule has 0 spiro atoms. The number of phenolic OH excluding ortho intramolecular Hbond substituents is 3. The van der Waals surface area contributed by atoms with E-state index in [4.69, 9.17) is 0 Å². The molecule has 0 bridgehead atoms. The van der Waals surface area contributed by atoms with E-state index in [2.05, 4.69) is 9.97 Å². The third-order valence-corrected chi connectivity index (χ3v) is 5.35. The number of thiophene rings is 1. The lowest BCUT2D eigenvalue weighted by Gasteiger charge is -2.28. The number of hydrogen-bond donors (Lipinski definition) is 4. The van der Waals surface area contributed by atoms with Crippen LogP contribution in [0.3, 0.4) is 0 Å². The summed E-state index contributed by atoms with van der Waals surface area (Å²) in [5.41, 5.74) is 1.76. The van der Waals surface area contributed by atoms with Gasteiger partial charge in [0.05, 0.1) is 16.1 Å². The van der Waals surface area contributed by atoms with E-state index in [1.807, 2.05) is 22.4 Å². The molecule has 1 aromatic carbocycles. The Hall–Kier alpha value is -2.84. The Balaban J connectivity index is 1.59. The third kappa shape index (κ3) is 3.04. The summed E-state index contributed by atoms with van der Waals surface area (Å²) < 4.78 is 0. The molecule has 8 heteroatoms. The minimum Gasteiger partial charge on any atom is -0.507 e. The number of hydrogen-bond acceptors (Lipinski definition) is 7. The quantitative estimate of drug-likeness (QED) is 0.415. The fourth-order valence-electron chi connectivity index (χ4n) is 3.12. The molecule has 1 aliphatic rings. The molecular weight excluding hydrogens is 354 g/mol. The Kier molecular flexibility index (Phi) is 4.14. The van der Waals surface area contributed by atoms with Gasteiger partial charge in [0.1, 0.15) is 5.75 Å². The second kappa shape index (κ2) is 6.47. The van der Waals surface area contributed by atoms with E-state index in [0.29, 0.717) is 43.0 Å². The van der Waals surface area contributed by atoms with Crippen molar-refractivity contribution in [2.45, 2.75) is 19.5 Å². The minimum absolute atomic E-state index is 0.0915. The zero-order valence-corrected chi connectivity index (χ0v) is 14.6. The normalized spacial score (nSPS) is 14.3. The topological polar surface area (TPSA) is 110 Å². The van der Waals surface area contributed by atoms with E-state index in [9.17, 15) is 20.1 Å². The van der Waals surface area contributed by atoms with Gasteiger partial charge in [-0.1, -0.05) is 6.07 Å². The first kappa shape index (κ1) is 16.6. The van der Waals surface area contributed by atoms with Crippen LogP contribution in [0.5, 0.6) is 17.2 Å². The average molecular weight is 371 g/mol. The number of H-pyrrole nitrogens is 1. The molecule has 0 unspecified atom stereocenters. The standard InChI is InChI=1S/C18H17N3O4S/c22-13-7-15(24)14(23)6-10(13)8-21-4-3-12-11(9-21)18(25)20-17(19-12)16-2-1-5-26-16/h1-2,5-7,22-24H,3-4,8-9H2,(H,19,20,25). The number of aromatic hydroxyl groups is 3. The summed E-state index contributed by atoms with van der Waals surface area (Å²) in [5, 5.41) is 31.0. The van der Waals surface area contributed by atoms with Crippen LogP contribution < -0.4 is 5.56 Å². The summed E-state index contributed by atoms with van der Waals surface area (Å²) in [7, 11) is 0. The molecule has 0 amide bonds. The molecule has 3 aromatic rings. The van der Waals surface area contributed by atoms with Crippen molar-refractivity contribution >= 4 is 11.3 Å². The number of rotatable bonds is 3. The van der Waals surface area contributed by atoms with Crippen molar-refractivity contribution in [1.82, 2.24) is 14.9 Å². The Morgan fingerprint density at radius 3 is 2.77 bits per heavy atom. The van der Waals surface area contributed by atoms with E-state index < -0.39 is 0 Å². The molecule has 26 heavy (non-hydrogen) atoms. The average Bonchev–Trinajstić information content (AvgIpc) is 3.15. The smallest absolute Gasteiger partial charge is 0.255 e. The van der Waals surface area contributed by atoms with Gasteiger partial charge in [-0.2, -0.15) is 0 Å². The van der Waals surface area contributed by atoms with Gasteiger partial charge < -0.3 is 20.3 Å². The van der Waals surface area contributed by atoms with Crippen molar-refractivity contribution < 1.29 is 15.3 Å². The van der Waals surface area contributed by atoms with E-state index >= 15 is 0 Å². The van der Waals surface area contributed by atoms with Gasteiger partial charge in [-0.3, -0.25) is 9.69 Å². The number of aromatic amines is 1. The molecule has 0 atom stereocenters. The number of nitrogens with zero attached hydrogens (tertiary/aromatic N) is 2. The van der Waals surface area contributed by atoms with Gasteiger partial charge in [0, 0.05) is 37.7 Å². The Labute approximate surface area is 152 Å². The molecule has 0 aliphatic carbocycles. The van der Waals surface area contributed by atoms with Crippen molar-refractivity contribution in [1.29, 1.82) is 0 Å². The highest BCUT2D eigenvalue weighted by Gasteiger charge is 2.23. The van der Waals surface area contributed by atoms with Gasteiger partial charge in [0.25, 0.3) is 5.56 Å². The maximum Gasteiger partial charge on any atom is 0.255 e. The highest BCUT2D eigenvalue weighted by atomic mass is 32.1. The van der Waals surface area contributed by atoms with Gasteiger partial charge >= 0.3 is 0 Å². The van der Waals surface area contributed by atoms with Gasteiger partial charge in [-0.05, 0) is 17.5 Å². The molecule has 1 aliphatic heterocycles. The first-order valence-electron chi connectivity index (χ1n) is 8.13. The summed E-state index contributed by atoms with van der Waals surface area (Å²) in [6.07, 6.45) is 0.627. The largest absolute Gasteiger partial charge is 0.507 e. The van der Waals surface area contributed by atoms with Crippen LogP contribution in [0.15, 0.2) is 34.4 Å². The molecule has 4 N–H and O–H groups in total. The molecule has 0 saturated heterocycles. The minimum atomic E-state index is -0.364.